The number of aromatic hydroxyl groups is 1. The van der Waals surface area contributed by atoms with Gasteiger partial charge in [-0.15, -0.1) is 6.58 Å². The fourth-order valence-electron chi connectivity index (χ4n) is 5.75. The van der Waals surface area contributed by atoms with Crippen LogP contribution in [0.4, 0.5) is 11.4 Å². The molecule has 2 aromatic rings. The lowest BCUT2D eigenvalue weighted by Crippen LogP contribution is -2.59. The first kappa shape index (κ1) is 22.4. The third-order valence-electron chi connectivity index (χ3n) is 7.22. The number of hydrogen-bond donors (Lipinski definition) is 1. The standard InChI is InChI=1S/C27H35N3O2/c1-4-19-29-22-10-8-17-27(29,18-16-22)30(24-9-7-11-25(31)20-24)23-14-12-21(13-15-23)26(32)28(5-2)6-3/h4,7,9,11-15,20,22,31H,1,5-6,8,10,16-19H2,2-3H3. The number of amides is 1. The maximum absolute atomic E-state index is 12.8. The molecule has 2 aromatic carbocycles. The van der Waals surface area contributed by atoms with E-state index >= 15 is 0 Å². The number of nitrogens with zero attached hydrogens (tertiary/aromatic N) is 3. The molecule has 0 radical (unpaired) electrons. The maximum Gasteiger partial charge on any atom is 0.253 e. The summed E-state index contributed by atoms with van der Waals surface area (Å²) < 4.78 is 0. The van der Waals surface area contributed by atoms with Crippen molar-refractivity contribution in [2.24, 2.45) is 0 Å². The largest absolute Gasteiger partial charge is 0.508 e. The molecule has 5 heteroatoms. The smallest absolute Gasteiger partial charge is 0.253 e. The highest BCUT2D eigenvalue weighted by molar-refractivity contribution is 5.94. The first-order valence-corrected chi connectivity index (χ1v) is 11.9. The van der Waals surface area contributed by atoms with Gasteiger partial charge in [0.25, 0.3) is 5.91 Å². The van der Waals surface area contributed by atoms with Crippen molar-refractivity contribution < 1.29 is 9.90 Å². The first-order valence-electron chi connectivity index (χ1n) is 11.9. The van der Waals surface area contributed by atoms with Crippen LogP contribution in [0.3, 0.4) is 0 Å². The number of hydrogen-bond acceptors (Lipinski definition) is 4. The molecule has 4 rings (SSSR count). The summed E-state index contributed by atoms with van der Waals surface area (Å²) in [5, 5.41) is 10.3. The normalized spacial score (nSPS) is 22.5. The highest BCUT2D eigenvalue weighted by Crippen LogP contribution is 2.50. The summed E-state index contributed by atoms with van der Waals surface area (Å²) in [4.78, 5) is 19.7. The van der Waals surface area contributed by atoms with E-state index in [9.17, 15) is 9.90 Å². The Morgan fingerprint density at radius 1 is 1.12 bits per heavy atom. The van der Waals surface area contributed by atoms with Crippen LogP contribution >= 0.6 is 0 Å². The Labute approximate surface area is 191 Å². The summed E-state index contributed by atoms with van der Waals surface area (Å²) in [6, 6.07) is 16.1. The van der Waals surface area contributed by atoms with E-state index in [0.717, 1.165) is 30.8 Å². The molecule has 2 fully saturated rings. The minimum absolute atomic E-state index is 0.0653. The Kier molecular flexibility index (Phi) is 6.56. The fourth-order valence-corrected chi connectivity index (χ4v) is 5.75. The molecule has 2 atom stereocenters. The van der Waals surface area contributed by atoms with Crippen molar-refractivity contribution in [2.75, 3.05) is 24.5 Å². The van der Waals surface area contributed by atoms with Crippen LogP contribution in [0.5, 0.6) is 5.75 Å². The van der Waals surface area contributed by atoms with Crippen LogP contribution < -0.4 is 4.90 Å². The zero-order valence-electron chi connectivity index (χ0n) is 19.3. The molecule has 2 aliphatic rings. The number of phenolic OH excluding ortho intramolecular Hbond substituents is 1. The van der Waals surface area contributed by atoms with Gasteiger partial charge in [-0.25, -0.2) is 0 Å². The highest BCUT2D eigenvalue weighted by atomic mass is 16.3. The van der Waals surface area contributed by atoms with E-state index in [1.807, 2.05) is 49.1 Å². The number of benzene rings is 2. The van der Waals surface area contributed by atoms with Gasteiger partial charge in [-0.05, 0) is 82.3 Å². The van der Waals surface area contributed by atoms with Crippen LogP contribution in [0.2, 0.25) is 0 Å². The number of carbonyl (C=O) groups excluding carboxylic acids is 1. The van der Waals surface area contributed by atoms with Crippen LogP contribution in [0.25, 0.3) is 0 Å². The quantitative estimate of drug-likeness (QED) is 0.555. The Bertz CT molecular complexity index is 950. The zero-order valence-corrected chi connectivity index (χ0v) is 19.3. The number of rotatable bonds is 8. The summed E-state index contributed by atoms with van der Waals surface area (Å²) in [5.41, 5.74) is 2.57. The molecule has 0 aliphatic carbocycles. The van der Waals surface area contributed by atoms with Gasteiger partial charge in [0, 0.05) is 48.7 Å². The van der Waals surface area contributed by atoms with Gasteiger partial charge in [-0.3, -0.25) is 9.69 Å². The predicted molar refractivity (Wildman–Crippen MR) is 130 cm³/mol. The van der Waals surface area contributed by atoms with Gasteiger partial charge < -0.3 is 14.9 Å². The molecule has 5 nitrogen and oxygen atoms in total. The lowest BCUT2D eigenvalue weighted by Gasteiger charge is -2.52. The van der Waals surface area contributed by atoms with E-state index < -0.39 is 0 Å². The Balaban J connectivity index is 1.78. The van der Waals surface area contributed by atoms with E-state index in [2.05, 4.69) is 34.6 Å². The van der Waals surface area contributed by atoms with Gasteiger partial charge >= 0.3 is 0 Å². The van der Waals surface area contributed by atoms with Crippen molar-refractivity contribution in [3.63, 3.8) is 0 Å². The van der Waals surface area contributed by atoms with Gasteiger partial charge in [-0.1, -0.05) is 12.1 Å². The second kappa shape index (κ2) is 9.37. The van der Waals surface area contributed by atoms with Crippen LogP contribution in [0, 0.1) is 0 Å². The highest BCUT2D eigenvalue weighted by Gasteiger charge is 2.52. The summed E-state index contributed by atoms with van der Waals surface area (Å²) in [6.07, 6.45) is 7.72. The molecule has 2 unspecified atom stereocenters. The molecule has 170 valence electrons. The minimum Gasteiger partial charge on any atom is -0.508 e. The van der Waals surface area contributed by atoms with Gasteiger partial charge in [0.2, 0.25) is 0 Å². The molecule has 1 N–H and O–H groups in total. The molecule has 2 saturated heterocycles. The average Bonchev–Trinajstić information content (AvgIpc) is 2.99. The molecular formula is C27H35N3O2. The topological polar surface area (TPSA) is 47.0 Å². The summed E-state index contributed by atoms with van der Waals surface area (Å²) in [5.74, 6) is 0.327. The number of carbonyl (C=O) groups is 1. The maximum atomic E-state index is 12.8. The summed E-state index contributed by atoms with van der Waals surface area (Å²) >= 11 is 0. The van der Waals surface area contributed by atoms with E-state index in [-0.39, 0.29) is 17.3 Å². The monoisotopic (exact) mass is 433 g/mol. The van der Waals surface area contributed by atoms with Crippen molar-refractivity contribution in [1.29, 1.82) is 0 Å². The zero-order chi connectivity index (χ0) is 22.7. The molecule has 2 aliphatic heterocycles. The molecule has 0 aromatic heterocycles. The predicted octanol–water partition coefficient (Wildman–Crippen LogP) is 5.54. The molecule has 32 heavy (non-hydrogen) atoms. The lowest BCUT2D eigenvalue weighted by molar-refractivity contribution is 0.0708. The molecule has 2 bridgehead atoms. The number of phenols is 1. The average molecular weight is 434 g/mol. The Morgan fingerprint density at radius 3 is 2.53 bits per heavy atom. The number of fused-ring (bicyclic) bond motifs is 2. The van der Waals surface area contributed by atoms with Crippen LogP contribution in [-0.4, -0.2) is 52.2 Å². The Morgan fingerprint density at radius 2 is 1.88 bits per heavy atom. The molecule has 0 saturated carbocycles. The van der Waals surface area contributed by atoms with Gasteiger partial charge in [0.1, 0.15) is 5.75 Å². The van der Waals surface area contributed by atoms with E-state index in [0.29, 0.717) is 24.7 Å². The summed E-state index contributed by atoms with van der Waals surface area (Å²) in [6.45, 7) is 10.3. The molecule has 0 spiro atoms. The van der Waals surface area contributed by atoms with Crippen LogP contribution in [0.15, 0.2) is 61.2 Å². The van der Waals surface area contributed by atoms with Crippen molar-refractivity contribution >= 4 is 17.3 Å². The van der Waals surface area contributed by atoms with Gasteiger partial charge in [-0.2, -0.15) is 0 Å². The van der Waals surface area contributed by atoms with E-state index in [1.165, 1.54) is 19.3 Å². The molecule has 1 amide bonds. The first-order chi connectivity index (χ1) is 15.5. The van der Waals surface area contributed by atoms with Gasteiger partial charge in [0.15, 0.2) is 0 Å². The molecular weight excluding hydrogens is 398 g/mol. The number of anilines is 2. The van der Waals surface area contributed by atoms with Crippen molar-refractivity contribution in [3.8, 4) is 5.75 Å². The van der Waals surface area contributed by atoms with E-state index in [1.54, 1.807) is 6.07 Å². The minimum atomic E-state index is -0.157. The second-order valence-corrected chi connectivity index (χ2v) is 8.89. The van der Waals surface area contributed by atoms with Crippen LogP contribution in [-0.2, 0) is 0 Å². The number of piperidine rings is 1. The van der Waals surface area contributed by atoms with Crippen molar-refractivity contribution in [2.45, 2.75) is 57.7 Å². The van der Waals surface area contributed by atoms with Crippen molar-refractivity contribution in [3.05, 3.63) is 66.7 Å². The fraction of sp³-hybridized carbons (Fsp3) is 0.444. The third-order valence-corrected chi connectivity index (χ3v) is 7.22. The van der Waals surface area contributed by atoms with Gasteiger partial charge in [0.05, 0.1) is 5.66 Å². The summed E-state index contributed by atoms with van der Waals surface area (Å²) in [7, 11) is 0. The second-order valence-electron chi connectivity index (χ2n) is 8.89. The lowest BCUT2D eigenvalue weighted by atomic mass is 9.93. The Hall–Kier alpha value is -2.79. The SMILES string of the molecule is C=CCN1C2CCCC1(N(c1ccc(C(=O)N(CC)CC)cc1)c1cccc(O)c1)CC2. The van der Waals surface area contributed by atoms with Crippen LogP contribution in [0.1, 0.15) is 56.3 Å². The third kappa shape index (κ3) is 3.90. The van der Waals surface area contributed by atoms with Crippen molar-refractivity contribution in [1.82, 2.24) is 9.80 Å². The van der Waals surface area contributed by atoms with E-state index in [4.69, 9.17) is 0 Å². The molecule has 2 heterocycles.